The Morgan fingerprint density at radius 1 is 0.841 bits per heavy atom. The van der Waals surface area contributed by atoms with Crippen molar-refractivity contribution in [1.82, 2.24) is 15.5 Å². The van der Waals surface area contributed by atoms with Crippen molar-refractivity contribution < 1.29 is 28.7 Å². The molecule has 0 heterocycles. The minimum absolute atomic E-state index is 0.207. The average molecular weight is 608 g/mol. The Kier molecular flexibility index (Phi) is 11.6. The van der Waals surface area contributed by atoms with Crippen LogP contribution in [0, 0.1) is 0 Å². The highest BCUT2D eigenvalue weighted by Crippen LogP contribution is 2.34. The summed E-state index contributed by atoms with van der Waals surface area (Å²) in [7, 11) is 0. The maximum Gasteiger partial charge on any atom is 0.408 e. The summed E-state index contributed by atoms with van der Waals surface area (Å²) in [6, 6.07) is 13.8. The normalized spacial score (nSPS) is 15.6. The lowest BCUT2D eigenvalue weighted by molar-refractivity contribution is -0.159. The first-order valence-corrected chi connectivity index (χ1v) is 15.6. The molecule has 240 valence electrons. The molecule has 0 spiro atoms. The van der Waals surface area contributed by atoms with Crippen molar-refractivity contribution in [3.05, 3.63) is 71.3 Å². The zero-order chi connectivity index (χ0) is 32.7. The fraction of sp³-hybridized carbons (Fsp3) is 0.543. The summed E-state index contributed by atoms with van der Waals surface area (Å²) < 4.78 is 11.1. The number of nitrogens with one attached hydrogen (secondary N) is 2. The number of ether oxygens (including phenoxy) is 2. The zero-order valence-electron chi connectivity index (χ0n) is 27.4. The van der Waals surface area contributed by atoms with Crippen molar-refractivity contribution in [1.29, 1.82) is 0 Å². The third-order valence-corrected chi connectivity index (χ3v) is 7.35. The van der Waals surface area contributed by atoms with E-state index in [2.05, 4.69) is 10.6 Å². The molecule has 9 heteroatoms. The summed E-state index contributed by atoms with van der Waals surface area (Å²) in [6.07, 6.45) is 2.68. The molecule has 1 saturated carbocycles. The first-order valence-electron chi connectivity index (χ1n) is 15.6. The molecule has 1 aliphatic rings. The second kappa shape index (κ2) is 14.7. The number of rotatable bonds is 11. The minimum atomic E-state index is -1.04. The number of carbonyl (C=O) groups excluding carboxylic acids is 4. The standard InChI is InChI=1S/C35H49N3O6/c1-9-24-18-20-26(21-19-24)29(38(27-16-13-17-27)31(40)23(2)36-33(42)44-35(6,7)8)30(39)37-28(32(41)43-34(3,4)5)22-25-14-11-10-12-15-25/h10-12,14-15,18-21,23,27-29H,9,13,16-17,22H2,1-8H3,(H,36,42)(H,37,39). The van der Waals surface area contributed by atoms with E-state index in [1.807, 2.05) is 61.5 Å². The van der Waals surface area contributed by atoms with Gasteiger partial charge in [-0.05, 0) is 90.8 Å². The molecule has 3 atom stereocenters. The maximum atomic E-state index is 14.4. The number of aryl methyl sites for hydroxylation is 1. The second-order valence-corrected chi connectivity index (χ2v) is 13.5. The van der Waals surface area contributed by atoms with Gasteiger partial charge in [0.25, 0.3) is 0 Å². The van der Waals surface area contributed by atoms with Gasteiger partial charge in [-0.2, -0.15) is 0 Å². The Balaban J connectivity index is 2.00. The second-order valence-electron chi connectivity index (χ2n) is 13.5. The largest absolute Gasteiger partial charge is 0.458 e. The van der Waals surface area contributed by atoms with Gasteiger partial charge in [-0.1, -0.05) is 61.5 Å². The number of esters is 1. The Morgan fingerprint density at radius 2 is 1.43 bits per heavy atom. The summed E-state index contributed by atoms with van der Waals surface area (Å²) in [5.74, 6) is -1.46. The van der Waals surface area contributed by atoms with E-state index in [1.54, 1.807) is 53.4 Å². The van der Waals surface area contributed by atoms with E-state index in [0.717, 1.165) is 36.8 Å². The topological polar surface area (TPSA) is 114 Å². The molecule has 0 radical (unpaired) electrons. The number of hydrogen-bond acceptors (Lipinski definition) is 6. The van der Waals surface area contributed by atoms with Gasteiger partial charge in [-0.15, -0.1) is 0 Å². The maximum absolute atomic E-state index is 14.4. The summed E-state index contributed by atoms with van der Waals surface area (Å²) >= 11 is 0. The van der Waals surface area contributed by atoms with Crippen molar-refractivity contribution >= 4 is 23.9 Å². The number of amides is 3. The van der Waals surface area contributed by atoms with E-state index in [4.69, 9.17) is 9.47 Å². The molecule has 0 saturated heterocycles. The molecule has 3 amide bonds. The number of benzene rings is 2. The van der Waals surface area contributed by atoms with Gasteiger partial charge in [0.1, 0.15) is 29.3 Å². The van der Waals surface area contributed by atoms with Crippen LogP contribution in [0.25, 0.3) is 0 Å². The SMILES string of the molecule is CCc1ccc(C(C(=O)NC(Cc2ccccc2)C(=O)OC(C)(C)C)N(C(=O)C(C)NC(=O)OC(C)(C)C)C2CCC2)cc1. The third kappa shape index (κ3) is 10.1. The van der Waals surface area contributed by atoms with Crippen molar-refractivity contribution in [2.75, 3.05) is 0 Å². The van der Waals surface area contributed by atoms with E-state index in [1.165, 1.54) is 0 Å². The predicted octanol–water partition coefficient (Wildman–Crippen LogP) is 5.65. The highest BCUT2D eigenvalue weighted by molar-refractivity contribution is 5.94. The Morgan fingerprint density at radius 3 is 1.93 bits per heavy atom. The molecule has 2 aromatic carbocycles. The Bertz CT molecular complexity index is 1280. The molecule has 2 aromatic rings. The summed E-state index contributed by atoms with van der Waals surface area (Å²) in [5, 5.41) is 5.59. The van der Waals surface area contributed by atoms with Crippen LogP contribution in [0.2, 0.25) is 0 Å². The summed E-state index contributed by atoms with van der Waals surface area (Å²) in [4.78, 5) is 56.0. The van der Waals surface area contributed by atoms with Crippen LogP contribution < -0.4 is 10.6 Å². The first-order chi connectivity index (χ1) is 20.6. The lowest BCUT2D eigenvalue weighted by Gasteiger charge is -2.43. The fourth-order valence-corrected chi connectivity index (χ4v) is 4.99. The number of alkyl carbamates (subject to hydrolysis) is 1. The van der Waals surface area contributed by atoms with Gasteiger partial charge in [0.2, 0.25) is 11.8 Å². The molecule has 44 heavy (non-hydrogen) atoms. The lowest BCUT2D eigenvalue weighted by Crippen LogP contribution is -2.58. The first kappa shape index (κ1) is 34.6. The molecular weight excluding hydrogens is 558 g/mol. The quantitative estimate of drug-likeness (QED) is 0.319. The van der Waals surface area contributed by atoms with Crippen LogP contribution >= 0.6 is 0 Å². The van der Waals surface area contributed by atoms with Gasteiger partial charge in [-0.3, -0.25) is 9.59 Å². The van der Waals surface area contributed by atoms with E-state index in [-0.39, 0.29) is 12.5 Å². The molecule has 0 bridgehead atoms. The molecular formula is C35H49N3O6. The smallest absolute Gasteiger partial charge is 0.408 e. The molecule has 3 unspecified atom stereocenters. The molecule has 0 aliphatic heterocycles. The molecule has 0 aromatic heterocycles. The highest BCUT2D eigenvalue weighted by Gasteiger charge is 2.42. The molecule has 1 fully saturated rings. The van der Waals surface area contributed by atoms with Crippen LogP contribution in [0.1, 0.15) is 97.4 Å². The van der Waals surface area contributed by atoms with Crippen LogP contribution in [0.4, 0.5) is 4.79 Å². The highest BCUT2D eigenvalue weighted by atomic mass is 16.6. The summed E-state index contributed by atoms with van der Waals surface area (Å²) in [6.45, 7) is 14.2. The van der Waals surface area contributed by atoms with Crippen molar-refractivity contribution in [2.24, 2.45) is 0 Å². The molecule has 9 nitrogen and oxygen atoms in total. The number of hydrogen-bond donors (Lipinski definition) is 2. The third-order valence-electron chi connectivity index (χ3n) is 7.35. The van der Waals surface area contributed by atoms with Gasteiger partial charge in [0.05, 0.1) is 0 Å². The van der Waals surface area contributed by atoms with Gasteiger partial charge in [0, 0.05) is 12.5 Å². The average Bonchev–Trinajstić information content (AvgIpc) is 2.89. The lowest BCUT2D eigenvalue weighted by atomic mass is 9.88. The van der Waals surface area contributed by atoms with Crippen molar-refractivity contribution in [3.63, 3.8) is 0 Å². The van der Waals surface area contributed by atoms with Crippen LogP contribution in [0.3, 0.4) is 0 Å². The van der Waals surface area contributed by atoms with Gasteiger partial charge in [0.15, 0.2) is 0 Å². The van der Waals surface area contributed by atoms with Gasteiger partial charge < -0.3 is 25.0 Å². The summed E-state index contributed by atoms with van der Waals surface area (Å²) in [5.41, 5.74) is 1.06. The monoisotopic (exact) mass is 607 g/mol. The van der Waals surface area contributed by atoms with Crippen molar-refractivity contribution in [2.45, 2.75) is 123 Å². The van der Waals surface area contributed by atoms with Gasteiger partial charge in [-0.25, -0.2) is 9.59 Å². The van der Waals surface area contributed by atoms with E-state index in [9.17, 15) is 19.2 Å². The zero-order valence-corrected chi connectivity index (χ0v) is 27.4. The Hall–Kier alpha value is -3.88. The predicted molar refractivity (Wildman–Crippen MR) is 170 cm³/mol. The molecule has 1 aliphatic carbocycles. The molecule has 3 rings (SSSR count). The van der Waals surface area contributed by atoms with Crippen molar-refractivity contribution in [3.8, 4) is 0 Å². The van der Waals surface area contributed by atoms with Gasteiger partial charge >= 0.3 is 12.1 Å². The fourth-order valence-electron chi connectivity index (χ4n) is 4.99. The van der Waals surface area contributed by atoms with E-state index >= 15 is 0 Å². The van der Waals surface area contributed by atoms with Crippen LogP contribution in [-0.4, -0.2) is 58.1 Å². The van der Waals surface area contributed by atoms with E-state index in [0.29, 0.717) is 5.56 Å². The molecule has 2 N–H and O–H groups in total. The Labute approximate surface area is 262 Å². The van der Waals surface area contributed by atoms with Crippen LogP contribution in [-0.2, 0) is 36.7 Å². The number of nitrogens with zero attached hydrogens (tertiary/aromatic N) is 1. The van der Waals surface area contributed by atoms with Crippen LogP contribution in [0.15, 0.2) is 54.6 Å². The van der Waals surface area contributed by atoms with Crippen LogP contribution in [0.5, 0.6) is 0 Å². The minimum Gasteiger partial charge on any atom is -0.458 e. The number of carbonyl (C=O) groups is 4. The van der Waals surface area contributed by atoms with E-state index < -0.39 is 53.2 Å².